The van der Waals surface area contributed by atoms with Crippen molar-refractivity contribution >= 4 is 9.84 Å². The van der Waals surface area contributed by atoms with E-state index in [1.807, 2.05) is 30.3 Å². The molecule has 4 nitrogen and oxygen atoms in total. The van der Waals surface area contributed by atoms with Crippen molar-refractivity contribution in [3.8, 4) is 5.75 Å². The highest BCUT2D eigenvalue weighted by molar-refractivity contribution is 7.91. The maximum atomic E-state index is 11.4. The fourth-order valence-corrected chi connectivity index (χ4v) is 4.44. The van der Waals surface area contributed by atoms with Gasteiger partial charge >= 0.3 is 0 Å². The smallest absolute Gasteiger partial charge is 0.150 e. The zero-order chi connectivity index (χ0) is 13.7. The Balaban J connectivity index is 1.80. The molecule has 1 heterocycles. The number of hydrogen-bond donors (Lipinski definition) is 1. The van der Waals surface area contributed by atoms with Gasteiger partial charge in [-0.2, -0.15) is 0 Å². The molecule has 1 saturated heterocycles. The molecule has 1 N–H and O–H groups in total. The number of benzene rings is 1. The van der Waals surface area contributed by atoms with Gasteiger partial charge in [-0.3, -0.25) is 0 Å². The number of sulfone groups is 1. The molecule has 0 bridgehead atoms. The van der Waals surface area contributed by atoms with Gasteiger partial charge in [-0.15, -0.1) is 0 Å². The summed E-state index contributed by atoms with van der Waals surface area (Å²) in [6.07, 6.45) is 1.35. The number of aliphatic hydroxyl groups excluding tert-OH is 1. The summed E-state index contributed by atoms with van der Waals surface area (Å²) in [6, 6.07) is 9.50. The molecule has 1 aliphatic rings. The second-order valence-electron chi connectivity index (χ2n) is 5.06. The minimum Gasteiger partial charge on any atom is -0.494 e. The summed E-state index contributed by atoms with van der Waals surface area (Å²) in [5.41, 5.74) is 0. The van der Waals surface area contributed by atoms with Crippen molar-refractivity contribution in [2.75, 3.05) is 24.7 Å². The van der Waals surface area contributed by atoms with Gasteiger partial charge in [0.15, 0.2) is 9.84 Å². The third kappa shape index (κ3) is 4.21. The third-order valence-corrected chi connectivity index (χ3v) is 5.46. The minimum atomic E-state index is -2.88. The Morgan fingerprint density at radius 2 is 2.05 bits per heavy atom. The molecule has 0 amide bonds. The Bertz CT molecular complexity index is 483. The molecule has 0 aliphatic carbocycles. The molecule has 1 aromatic carbocycles. The average Bonchev–Trinajstić information content (AvgIpc) is 2.76. The lowest BCUT2D eigenvalue weighted by Crippen LogP contribution is -2.22. The van der Waals surface area contributed by atoms with Crippen LogP contribution >= 0.6 is 0 Å². The summed E-state index contributed by atoms with van der Waals surface area (Å²) < 4.78 is 28.5. The lowest BCUT2D eigenvalue weighted by molar-refractivity contribution is 0.153. The topological polar surface area (TPSA) is 63.6 Å². The standard InChI is InChI=1S/C14H20O4S/c15-10-12(13-7-9-19(16,17)11-13)6-8-18-14-4-2-1-3-5-14/h1-5,12-13,15H,6-11H2. The lowest BCUT2D eigenvalue weighted by Gasteiger charge is -2.20. The second-order valence-corrected chi connectivity index (χ2v) is 7.28. The van der Waals surface area contributed by atoms with Gasteiger partial charge in [0.2, 0.25) is 0 Å². The van der Waals surface area contributed by atoms with Crippen LogP contribution < -0.4 is 4.74 Å². The zero-order valence-corrected chi connectivity index (χ0v) is 11.7. The maximum Gasteiger partial charge on any atom is 0.150 e. The van der Waals surface area contributed by atoms with Gasteiger partial charge in [-0.25, -0.2) is 8.42 Å². The van der Waals surface area contributed by atoms with Crippen molar-refractivity contribution < 1.29 is 18.3 Å². The van der Waals surface area contributed by atoms with Crippen LogP contribution in [-0.2, 0) is 9.84 Å². The largest absolute Gasteiger partial charge is 0.494 e. The summed E-state index contributed by atoms with van der Waals surface area (Å²) >= 11 is 0. The number of aliphatic hydroxyl groups is 1. The quantitative estimate of drug-likeness (QED) is 0.860. The van der Waals surface area contributed by atoms with Crippen LogP contribution in [0.2, 0.25) is 0 Å². The van der Waals surface area contributed by atoms with Crippen LogP contribution in [-0.4, -0.2) is 38.2 Å². The monoisotopic (exact) mass is 284 g/mol. The molecule has 106 valence electrons. The van der Waals surface area contributed by atoms with Crippen molar-refractivity contribution in [2.45, 2.75) is 12.8 Å². The van der Waals surface area contributed by atoms with Crippen LogP contribution in [0.15, 0.2) is 30.3 Å². The SMILES string of the molecule is O=S1(=O)CCC(C(CO)CCOc2ccccc2)C1. The highest BCUT2D eigenvalue weighted by atomic mass is 32.2. The maximum absolute atomic E-state index is 11.4. The fraction of sp³-hybridized carbons (Fsp3) is 0.571. The molecule has 2 unspecified atom stereocenters. The molecule has 0 spiro atoms. The van der Waals surface area contributed by atoms with E-state index in [0.29, 0.717) is 19.4 Å². The van der Waals surface area contributed by atoms with Crippen molar-refractivity contribution in [3.05, 3.63) is 30.3 Å². The van der Waals surface area contributed by atoms with Gasteiger partial charge in [0, 0.05) is 6.61 Å². The molecule has 1 aromatic rings. The summed E-state index contributed by atoms with van der Waals surface area (Å²) in [4.78, 5) is 0. The molecule has 2 atom stereocenters. The molecule has 0 aromatic heterocycles. The molecule has 1 aliphatic heterocycles. The molecule has 2 rings (SSSR count). The van der Waals surface area contributed by atoms with Crippen LogP contribution in [0.4, 0.5) is 0 Å². The minimum absolute atomic E-state index is 0.0148. The predicted octanol–water partition coefficient (Wildman–Crippen LogP) is 1.50. The van der Waals surface area contributed by atoms with E-state index in [4.69, 9.17) is 4.74 Å². The van der Waals surface area contributed by atoms with Gasteiger partial charge in [0.05, 0.1) is 18.1 Å². The first-order valence-electron chi connectivity index (χ1n) is 6.60. The van der Waals surface area contributed by atoms with Gasteiger partial charge < -0.3 is 9.84 Å². The van der Waals surface area contributed by atoms with Gasteiger partial charge in [-0.05, 0) is 36.8 Å². The molecule has 1 fully saturated rings. The Kier molecular flexibility index (Phi) is 4.82. The van der Waals surface area contributed by atoms with Crippen molar-refractivity contribution in [1.82, 2.24) is 0 Å². The highest BCUT2D eigenvalue weighted by Gasteiger charge is 2.33. The van der Waals surface area contributed by atoms with E-state index in [-0.39, 0.29) is 29.9 Å². The first-order chi connectivity index (χ1) is 9.11. The Morgan fingerprint density at radius 1 is 1.32 bits per heavy atom. The predicted molar refractivity (Wildman–Crippen MR) is 73.9 cm³/mol. The lowest BCUT2D eigenvalue weighted by atomic mass is 9.90. The van der Waals surface area contributed by atoms with Gasteiger partial charge in [0.25, 0.3) is 0 Å². The van der Waals surface area contributed by atoms with E-state index in [1.165, 1.54) is 0 Å². The highest BCUT2D eigenvalue weighted by Crippen LogP contribution is 2.28. The second kappa shape index (κ2) is 6.39. The normalized spacial score (nSPS) is 23.1. The molecule has 0 radical (unpaired) electrons. The van der Waals surface area contributed by atoms with Crippen LogP contribution in [0.1, 0.15) is 12.8 Å². The third-order valence-electron chi connectivity index (χ3n) is 3.67. The molecule has 19 heavy (non-hydrogen) atoms. The number of rotatable bonds is 6. The van der Waals surface area contributed by atoms with Crippen molar-refractivity contribution in [3.63, 3.8) is 0 Å². The van der Waals surface area contributed by atoms with E-state index in [2.05, 4.69) is 0 Å². The summed E-state index contributed by atoms with van der Waals surface area (Å²) in [5.74, 6) is 1.37. The Hall–Kier alpha value is -1.07. The summed E-state index contributed by atoms with van der Waals surface area (Å²) in [7, 11) is -2.88. The van der Waals surface area contributed by atoms with Crippen LogP contribution in [0.3, 0.4) is 0 Å². The Labute approximate surface area is 114 Å². The molecular weight excluding hydrogens is 264 g/mol. The fourth-order valence-electron chi connectivity index (χ4n) is 2.52. The van der Waals surface area contributed by atoms with Crippen molar-refractivity contribution in [2.24, 2.45) is 11.8 Å². The van der Waals surface area contributed by atoms with Crippen LogP contribution in [0, 0.1) is 11.8 Å². The van der Waals surface area contributed by atoms with E-state index in [9.17, 15) is 13.5 Å². The first kappa shape index (κ1) is 14.3. The van der Waals surface area contributed by atoms with Gasteiger partial charge in [0.1, 0.15) is 5.75 Å². The van der Waals surface area contributed by atoms with E-state index < -0.39 is 9.84 Å². The number of para-hydroxylation sites is 1. The molecule has 0 saturated carbocycles. The average molecular weight is 284 g/mol. The van der Waals surface area contributed by atoms with E-state index >= 15 is 0 Å². The van der Waals surface area contributed by atoms with Gasteiger partial charge in [-0.1, -0.05) is 18.2 Å². The Morgan fingerprint density at radius 3 is 2.63 bits per heavy atom. The summed E-state index contributed by atoms with van der Waals surface area (Å²) in [5, 5.41) is 9.40. The first-order valence-corrected chi connectivity index (χ1v) is 8.42. The van der Waals surface area contributed by atoms with Crippen LogP contribution in [0.25, 0.3) is 0 Å². The van der Waals surface area contributed by atoms with E-state index in [1.54, 1.807) is 0 Å². The molecule has 5 heteroatoms. The van der Waals surface area contributed by atoms with E-state index in [0.717, 1.165) is 5.75 Å². The number of ether oxygens (including phenoxy) is 1. The molecular formula is C14H20O4S. The zero-order valence-electron chi connectivity index (χ0n) is 10.9. The van der Waals surface area contributed by atoms with Crippen LogP contribution in [0.5, 0.6) is 5.75 Å². The summed E-state index contributed by atoms with van der Waals surface area (Å²) in [6.45, 7) is 0.532. The van der Waals surface area contributed by atoms with Crippen molar-refractivity contribution in [1.29, 1.82) is 0 Å². The number of hydrogen-bond acceptors (Lipinski definition) is 4.